The molecule has 2 amide bonds. The monoisotopic (exact) mass is 314 g/mol. The van der Waals surface area contributed by atoms with E-state index in [-0.39, 0.29) is 18.4 Å². The van der Waals surface area contributed by atoms with E-state index in [0.29, 0.717) is 12.1 Å². The van der Waals surface area contributed by atoms with Crippen molar-refractivity contribution in [2.75, 3.05) is 11.9 Å². The van der Waals surface area contributed by atoms with Crippen molar-refractivity contribution in [1.82, 2.24) is 10.3 Å². The van der Waals surface area contributed by atoms with Gasteiger partial charge in [-0.1, -0.05) is 38.0 Å². The van der Waals surface area contributed by atoms with E-state index in [2.05, 4.69) is 15.6 Å². The Balaban J connectivity index is 1.85. The van der Waals surface area contributed by atoms with Gasteiger partial charge in [0.05, 0.1) is 30.0 Å². The van der Waals surface area contributed by atoms with Gasteiger partial charge in [0.15, 0.2) is 0 Å². The normalized spacial score (nSPS) is 11.9. The maximum Gasteiger partial charge on any atom is 0.243 e. The second kappa shape index (κ2) is 8.24. The lowest BCUT2D eigenvalue weighted by molar-refractivity contribution is -0.125. The van der Waals surface area contributed by atoms with Gasteiger partial charge in [-0.05, 0) is 18.6 Å². The summed E-state index contributed by atoms with van der Waals surface area (Å²) < 4.78 is 0. The summed E-state index contributed by atoms with van der Waals surface area (Å²) >= 11 is 0. The number of hydrogen-bond donors (Lipinski definition) is 3. The Kier molecular flexibility index (Phi) is 6.05. The lowest BCUT2D eigenvalue weighted by Crippen LogP contribution is -2.43. The van der Waals surface area contributed by atoms with Crippen LogP contribution in [0.1, 0.15) is 26.2 Å². The summed E-state index contributed by atoms with van der Waals surface area (Å²) in [5, 5.41) is 6.21. The van der Waals surface area contributed by atoms with Crippen molar-refractivity contribution in [3.8, 4) is 0 Å². The molecule has 6 nitrogen and oxygen atoms in total. The van der Waals surface area contributed by atoms with Crippen molar-refractivity contribution in [1.29, 1.82) is 0 Å². The predicted octanol–water partition coefficient (Wildman–Crippen LogP) is 1.81. The van der Waals surface area contributed by atoms with Gasteiger partial charge >= 0.3 is 0 Å². The summed E-state index contributed by atoms with van der Waals surface area (Å²) in [5.74, 6) is -0.608. The highest BCUT2D eigenvalue weighted by Crippen LogP contribution is 2.15. The Labute approximate surface area is 135 Å². The molecular formula is C17H22N4O2. The Morgan fingerprint density at radius 1 is 1.30 bits per heavy atom. The number of aromatic nitrogens is 1. The van der Waals surface area contributed by atoms with Gasteiger partial charge in [-0.15, -0.1) is 0 Å². The predicted molar refractivity (Wildman–Crippen MR) is 90.9 cm³/mol. The molecule has 0 saturated carbocycles. The van der Waals surface area contributed by atoms with Crippen LogP contribution in [0.4, 0.5) is 5.69 Å². The molecule has 0 aliphatic heterocycles. The number of amides is 2. The van der Waals surface area contributed by atoms with E-state index >= 15 is 0 Å². The van der Waals surface area contributed by atoms with Crippen molar-refractivity contribution < 1.29 is 9.59 Å². The quantitative estimate of drug-likeness (QED) is 0.726. The van der Waals surface area contributed by atoms with Crippen LogP contribution < -0.4 is 16.4 Å². The largest absolute Gasteiger partial charge is 0.346 e. The SMILES string of the molecule is CCCCC(N)C(=O)NCC(=O)Nc1cnc2ccccc2c1. The third-order valence-corrected chi connectivity index (χ3v) is 3.50. The number of nitrogens with two attached hydrogens (primary N) is 1. The molecule has 1 aromatic carbocycles. The highest BCUT2D eigenvalue weighted by Gasteiger charge is 2.13. The van der Waals surface area contributed by atoms with Crippen molar-refractivity contribution in [2.45, 2.75) is 32.2 Å². The van der Waals surface area contributed by atoms with Crippen LogP contribution in [-0.4, -0.2) is 29.4 Å². The van der Waals surface area contributed by atoms with Crippen molar-refractivity contribution in [3.63, 3.8) is 0 Å². The third-order valence-electron chi connectivity index (χ3n) is 3.50. The van der Waals surface area contributed by atoms with E-state index in [1.165, 1.54) is 0 Å². The Hall–Kier alpha value is -2.47. The standard InChI is InChI=1S/C17H22N4O2/c1-2-3-7-14(18)17(23)20-11-16(22)21-13-9-12-6-4-5-8-15(12)19-10-13/h4-6,8-10,14H,2-3,7,11,18H2,1H3,(H,20,23)(H,21,22). The van der Waals surface area contributed by atoms with Crippen LogP contribution in [0.3, 0.4) is 0 Å². The van der Waals surface area contributed by atoms with Crippen LogP contribution in [0.25, 0.3) is 10.9 Å². The molecule has 23 heavy (non-hydrogen) atoms. The minimum Gasteiger partial charge on any atom is -0.346 e. The zero-order valence-electron chi connectivity index (χ0n) is 13.2. The van der Waals surface area contributed by atoms with Crippen LogP contribution in [-0.2, 0) is 9.59 Å². The van der Waals surface area contributed by atoms with E-state index in [0.717, 1.165) is 23.7 Å². The number of hydrogen-bond acceptors (Lipinski definition) is 4. The number of anilines is 1. The zero-order valence-corrected chi connectivity index (χ0v) is 13.2. The van der Waals surface area contributed by atoms with Gasteiger partial charge in [0.1, 0.15) is 0 Å². The van der Waals surface area contributed by atoms with Gasteiger partial charge in [0, 0.05) is 5.39 Å². The van der Waals surface area contributed by atoms with Crippen LogP contribution in [0.2, 0.25) is 0 Å². The molecule has 0 aliphatic rings. The number of pyridine rings is 1. The molecule has 1 heterocycles. The first-order valence-corrected chi connectivity index (χ1v) is 7.78. The first-order valence-electron chi connectivity index (χ1n) is 7.78. The number of fused-ring (bicyclic) bond motifs is 1. The van der Waals surface area contributed by atoms with Crippen LogP contribution in [0, 0.1) is 0 Å². The molecule has 0 saturated heterocycles. The molecule has 6 heteroatoms. The number of nitrogens with zero attached hydrogens (tertiary/aromatic N) is 1. The zero-order chi connectivity index (χ0) is 16.7. The fourth-order valence-corrected chi connectivity index (χ4v) is 2.20. The first kappa shape index (κ1) is 16.9. The summed E-state index contributed by atoms with van der Waals surface area (Å²) in [5.41, 5.74) is 7.21. The minimum atomic E-state index is -0.565. The number of para-hydroxylation sites is 1. The van der Waals surface area contributed by atoms with E-state index in [1.807, 2.05) is 37.3 Å². The number of nitrogens with one attached hydrogen (secondary N) is 2. The van der Waals surface area contributed by atoms with Gasteiger partial charge in [-0.25, -0.2) is 0 Å². The van der Waals surface area contributed by atoms with Gasteiger partial charge < -0.3 is 16.4 Å². The van der Waals surface area contributed by atoms with Crippen molar-refractivity contribution in [3.05, 3.63) is 36.5 Å². The highest BCUT2D eigenvalue weighted by atomic mass is 16.2. The second-order valence-corrected chi connectivity index (χ2v) is 5.43. The van der Waals surface area contributed by atoms with Gasteiger partial charge in [0.25, 0.3) is 0 Å². The molecule has 2 rings (SSSR count). The average molecular weight is 314 g/mol. The molecule has 1 atom stereocenters. The Morgan fingerprint density at radius 3 is 2.87 bits per heavy atom. The van der Waals surface area contributed by atoms with Crippen molar-refractivity contribution >= 4 is 28.4 Å². The molecule has 122 valence electrons. The number of benzene rings is 1. The fraction of sp³-hybridized carbons (Fsp3) is 0.353. The first-order chi connectivity index (χ1) is 11.1. The van der Waals surface area contributed by atoms with Crippen LogP contribution in [0.5, 0.6) is 0 Å². The van der Waals surface area contributed by atoms with Gasteiger partial charge in [-0.3, -0.25) is 14.6 Å². The minimum absolute atomic E-state index is 0.106. The molecular weight excluding hydrogens is 292 g/mol. The molecule has 0 aliphatic carbocycles. The number of rotatable bonds is 7. The van der Waals surface area contributed by atoms with Gasteiger partial charge in [-0.2, -0.15) is 0 Å². The van der Waals surface area contributed by atoms with E-state index < -0.39 is 6.04 Å². The molecule has 2 aromatic rings. The van der Waals surface area contributed by atoms with E-state index in [1.54, 1.807) is 6.20 Å². The average Bonchev–Trinajstić information content (AvgIpc) is 2.57. The highest BCUT2D eigenvalue weighted by molar-refractivity contribution is 5.96. The molecule has 1 unspecified atom stereocenters. The van der Waals surface area contributed by atoms with Gasteiger partial charge in [0.2, 0.25) is 11.8 Å². The van der Waals surface area contributed by atoms with Crippen molar-refractivity contribution in [2.24, 2.45) is 5.73 Å². The molecule has 0 spiro atoms. The van der Waals surface area contributed by atoms with Crippen LogP contribution >= 0.6 is 0 Å². The Bertz CT molecular complexity index is 687. The Morgan fingerprint density at radius 2 is 2.09 bits per heavy atom. The van der Waals surface area contributed by atoms with E-state index in [9.17, 15) is 9.59 Å². The van der Waals surface area contributed by atoms with Crippen LogP contribution in [0.15, 0.2) is 36.5 Å². The smallest absolute Gasteiger partial charge is 0.243 e. The second-order valence-electron chi connectivity index (χ2n) is 5.43. The molecule has 4 N–H and O–H groups in total. The summed E-state index contributed by atoms with van der Waals surface area (Å²) in [7, 11) is 0. The number of carbonyl (C=O) groups is 2. The number of unbranched alkanes of at least 4 members (excludes halogenated alkanes) is 1. The number of carbonyl (C=O) groups excluding carboxylic acids is 2. The topological polar surface area (TPSA) is 97.1 Å². The summed E-state index contributed by atoms with van der Waals surface area (Å²) in [6.45, 7) is 1.93. The molecule has 0 fully saturated rings. The summed E-state index contributed by atoms with van der Waals surface area (Å²) in [4.78, 5) is 27.9. The molecule has 1 aromatic heterocycles. The maximum absolute atomic E-state index is 11.9. The summed E-state index contributed by atoms with van der Waals surface area (Å²) in [6.07, 6.45) is 4.09. The summed E-state index contributed by atoms with van der Waals surface area (Å²) in [6, 6.07) is 8.92. The maximum atomic E-state index is 11.9. The lowest BCUT2D eigenvalue weighted by Gasteiger charge is -2.12. The third kappa shape index (κ3) is 5.03. The fourth-order valence-electron chi connectivity index (χ4n) is 2.20. The lowest BCUT2D eigenvalue weighted by atomic mass is 10.1. The molecule has 0 radical (unpaired) electrons. The van der Waals surface area contributed by atoms with E-state index in [4.69, 9.17) is 5.73 Å². The molecule has 0 bridgehead atoms.